The number of aromatic nitrogens is 3. The van der Waals surface area contributed by atoms with Gasteiger partial charge in [-0.15, -0.1) is 21.5 Å². The highest BCUT2D eigenvalue weighted by atomic mass is 32.2. The number of ether oxygens (including phenoxy) is 1. The number of amides is 2. The van der Waals surface area contributed by atoms with E-state index in [1.165, 1.54) is 0 Å². The van der Waals surface area contributed by atoms with Crippen LogP contribution in [0.1, 0.15) is 30.1 Å². The van der Waals surface area contributed by atoms with E-state index in [2.05, 4.69) is 14.8 Å². The van der Waals surface area contributed by atoms with Crippen LogP contribution in [0.15, 0.2) is 77.3 Å². The van der Waals surface area contributed by atoms with Crippen molar-refractivity contribution in [3.05, 3.63) is 77.7 Å². The zero-order valence-corrected chi connectivity index (χ0v) is 23.7. The summed E-state index contributed by atoms with van der Waals surface area (Å²) in [6.45, 7) is 3.59. The fourth-order valence-electron chi connectivity index (χ4n) is 4.69. The van der Waals surface area contributed by atoms with Gasteiger partial charge < -0.3 is 14.5 Å². The third-order valence-corrected chi connectivity index (χ3v) is 8.59. The second-order valence-corrected chi connectivity index (χ2v) is 11.3. The molecule has 8 nitrogen and oxygen atoms in total. The average Bonchev–Trinajstić information content (AvgIpc) is 3.65. The molecule has 0 spiro atoms. The van der Waals surface area contributed by atoms with Crippen LogP contribution in [-0.2, 0) is 4.79 Å². The van der Waals surface area contributed by atoms with Crippen molar-refractivity contribution in [2.24, 2.45) is 0 Å². The van der Waals surface area contributed by atoms with Gasteiger partial charge in [-0.05, 0) is 55.1 Å². The number of rotatable bonds is 9. The van der Waals surface area contributed by atoms with Crippen LogP contribution in [-0.4, -0.2) is 74.9 Å². The lowest BCUT2D eigenvalue weighted by Gasteiger charge is -2.40. The maximum atomic E-state index is 13.1. The summed E-state index contributed by atoms with van der Waals surface area (Å²) < 4.78 is 7.34. The predicted octanol–water partition coefficient (Wildman–Crippen LogP) is 5.25. The summed E-state index contributed by atoms with van der Waals surface area (Å²) in [5.41, 5.74) is 1.61. The molecule has 2 aromatic carbocycles. The van der Waals surface area contributed by atoms with E-state index in [9.17, 15) is 9.59 Å². The van der Waals surface area contributed by atoms with Gasteiger partial charge in [0.25, 0.3) is 5.91 Å². The summed E-state index contributed by atoms with van der Waals surface area (Å²) in [7, 11) is 1.59. The summed E-state index contributed by atoms with van der Waals surface area (Å²) in [6, 6.07) is 21.3. The fourth-order valence-corrected chi connectivity index (χ4v) is 6.28. The number of hydrogen-bond acceptors (Lipinski definition) is 7. The molecule has 1 aliphatic rings. The number of hydrogen-bond donors (Lipinski definition) is 0. The van der Waals surface area contributed by atoms with Gasteiger partial charge in [0.05, 0.1) is 12.0 Å². The smallest absolute Gasteiger partial charge is 0.254 e. The summed E-state index contributed by atoms with van der Waals surface area (Å²) in [5.74, 6) is 2.33. The molecule has 2 amide bonds. The Morgan fingerprint density at radius 3 is 2.64 bits per heavy atom. The van der Waals surface area contributed by atoms with E-state index < -0.39 is 0 Å². The molecule has 2 aromatic heterocycles. The van der Waals surface area contributed by atoms with Gasteiger partial charge in [-0.3, -0.25) is 14.2 Å². The van der Waals surface area contributed by atoms with Gasteiger partial charge in [0.2, 0.25) is 5.91 Å². The highest BCUT2D eigenvalue weighted by Gasteiger charge is 2.30. The van der Waals surface area contributed by atoms with Crippen LogP contribution >= 0.6 is 23.1 Å². The molecule has 39 heavy (non-hydrogen) atoms. The zero-order chi connectivity index (χ0) is 27.2. The third-order valence-electron chi connectivity index (χ3n) is 6.71. The van der Waals surface area contributed by atoms with E-state index in [0.29, 0.717) is 37.4 Å². The maximum Gasteiger partial charge on any atom is 0.254 e. The first-order valence-electron chi connectivity index (χ1n) is 13.0. The fraction of sp³-hybridized carbons (Fsp3) is 0.310. The van der Waals surface area contributed by atoms with Crippen LogP contribution in [0.25, 0.3) is 16.4 Å². The van der Waals surface area contributed by atoms with Crippen molar-refractivity contribution in [1.82, 2.24) is 24.6 Å². The minimum Gasteiger partial charge on any atom is -0.497 e. The number of benzene rings is 2. The van der Waals surface area contributed by atoms with E-state index in [1.807, 2.05) is 76.7 Å². The highest BCUT2D eigenvalue weighted by molar-refractivity contribution is 7.99. The summed E-state index contributed by atoms with van der Waals surface area (Å²) in [5, 5.41) is 11.8. The molecule has 0 saturated carbocycles. The second-order valence-electron chi connectivity index (χ2n) is 9.33. The van der Waals surface area contributed by atoms with Crippen LogP contribution in [0, 0.1) is 0 Å². The molecule has 0 radical (unpaired) electrons. The van der Waals surface area contributed by atoms with Gasteiger partial charge in [0.15, 0.2) is 11.0 Å². The zero-order valence-electron chi connectivity index (χ0n) is 22.0. The Labute approximate surface area is 236 Å². The Balaban J connectivity index is 1.15. The van der Waals surface area contributed by atoms with Crippen molar-refractivity contribution in [2.75, 3.05) is 32.5 Å². The van der Waals surface area contributed by atoms with Crippen molar-refractivity contribution >= 4 is 34.9 Å². The minimum absolute atomic E-state index is 0.0330. The van der Waals surface area contributed by atoms with E-state index >= 15 is 0 Å². The first-order valence-corrected chi connectivity index (χ1v) is 14.8. The lowest BCUT2D eigenvalue weighted by Crippen LogP contribution is -2.55. The Hall–Kier alpha value is -3.63. The number of thiophene rings is 1. The molecule has 10 heteroatoms. The van der Waals surface area contributed by atoms with Crippen LogP contribution in [0.5, 0.6) is 5.75 Å². The Morgan fingerprint density at radius 1 is 1.05 bits per heavy atom. The van der Waals surface area contributed by atoms with E-state index in [0.717, 1.165) is 33.7 Å². The highest BCUT2D eigenvalue weighted by Crippen LogP contribution is 2.30. The number of carbonyl (C=O) groups excluding carboxylic acids is 2. The molecule has 1 atom stereocenters. The molecule has 0 aliphatic carbocycles. The van der Waals surface area contributed by atoms with Crippen molar-refractivity contribution < 1.29 is 14.3 Å². The number of methoxy groups -OCH3 is 1. The van der Waals surface area contributed by atoms with Crippen LogP contribution < -0.4 is 4.74 Å². The summed E-state index contributed by atoms with van der Waals surface area (Å²) in [6.07, 6.45) is 1.19. The molecule has 3 heterocycles. The normalized spacial score (nSPS) is 15.4. The van der Waals surface area contributed by atoms with Gasteiger partial charge in [-0.2, -0.15) is 0 Å². The number of carbonyl (C=O) groups is 2. The van der Waals surface area contributed by atoms with E-state index in [4.69, 9.17) is 4.74 Å². The number of piperazine rings is 1. The average molecular weight is 562 g/mol. The molecular formula is C29H31N5O3S2. The monoisotopic (exact) mass is 561 g/mol. The molecule has 1 fully saturated rings. The first-order chi connectivity index (χ1) is 19.0. The lowest BCUT2D eigenvalue weighted by atomic mass is 10.1. The van der Waals surface area contributed by atoms with Gasteiger partial charge in [0.1, 0.15) is 5.75 Å². The standard InChI is InChI=1S/C29H31N5O3S2/c1-21-20-32(15-16-33(21)28(36)22-9-6-12-24(19-22)37-2)26(35)14-8-18-39-29-31-30-27(25-13-7-17-38-25)34(29)23-10-4-3-5-11-23/h3-7,9-13,17,19,21H,8,14-16,18,20H2,1-2H3. The third kappa shape index (κ3) is 6.17. The minimum atomic E-state index is -0.0594. The van der Waals surface area contributed by atoms with Crippen molar-refractivity contribution in [2.45, 2.75) is 31.0 Å². The van der Waals surface area contributed by atoms with Gasteiger partial charge in [-0.25, -0.2) is 0 Å². The molecular weight excluding hydrogens is 530 g/mol. The van der Waals surface area contributed by atoms with Crippen LogP contribution in [0.2, 0.25) is 0 Å². The number of nitrogens with zero attached hydrogens (tertiary/aromatic N) is 5. The van der Waals surface area contributed by atoms with Gasteiger partial charge in [0, 0.05) is 49.1 Å². The molecule has 1 saturated heterocycles. The maximum absolute atomic E-state index is 13.1. The van der Waals surface area contributed by atoms with E-state index in [1.54, 1.807) is 42.3 Å². The van der Waals surface area contributed by atoms with Gasteiger partial charge >= 0.3 is 0 Å². The number of para-hydroxylation sites is 1. The molecule has 1 unspecified atom stereocenters. The van der Waals surface area contributed by atoms with Crippen molar-refractivity contribution in [3.8, 4) is 22.1 Å². The molecule has 0 N–H and O–H groups in total. The van der Waals surface area contributed by atoms with E-state index in [-0.39, 0.29) is 17.9 Å². The second kappa shape index (κ2) is 12.5. The summed E-state index contributed by atoms with van der Waals surface area (Å²) >= 11 is 3.25. The molecule has 5 rings (SSSR count). The number of thioether (sulfide) groups is 1. The predicted molar refractivity (Wildman–Crippen MR) is 155 cm³/mol. The molecule has 4 aromatic rings. The molecule has 202 valence electrons. The van der Waals surface area contributed by atoms with Crippen molar-refractivity contribution in [3.63, 3.8) is 0 Å². The van der Waals surface area contributed by atoms with Crippen molar-refractivity contribution in [1.29, 1.82) is 0 Å². The quantitative estimate of drug-likeness (QED) is 0.205. The Kier molecular flexibility index (Phi) is 8.63. The summed E-state index contributed by atoms with van der Waals surface area (Å²) in [4.78, 5) is 30.8. The molecule has 1 aliphatic heterocycles. The largest absolute Gasteiger partial charge is 0.497 e. The Bertz CT molecular complexity index is 1410. The Morgan fingerprint density at radius 2 is 1.90 bits per heavy atom. The SMILES string of the molecule is COc1cccc(C(=O)N2CCN(C(=O)CCCSc3nnc(-c4cccs4)n3-c3ccccc3)CC2C)c1. The van der Waals surface area contributed by atoms with Gasteiger partial charge in [-0.1, -0.05) is 42.1 Å². The van der Waals surface area contributed by atoms with Crippen LogP contribution in [0.3, 0.4) is 0 Å². The first kappa shape index (κ1) is 27.0. The molecule has 0 bridgehead atoms. The topological polar surface area (TPSA) is 80.6 Å². The van der Waals surface area contributed by atoms with Crippen LogP contribution in [0.4, 0.5) is 0 Å². The lowest BCUT2D eigenvalue weighted by molar-refractivity contribution is -0.133.